The maximum Gasteiger partial charge on any atom is 0.0781 e. The second-order valence-corrected chi connectivity index (χ2v) is 6.20. The second-order valence-electron chi connectivity index (χ2n) is 6.20. The maximum atomic E-state index is 9.77. The molecule has 2 rings (SSSR count). The Morgan fingerprint density at radius 3 is 2.35 bits per heavy atom. The number of aliphatic hydroxyl groups excluding tert-OH is 1. The van der Waals surface area contributed by atoms with Crippen LogP contribution in [0.2, 0.25) is 0 Å². The van der Waals surface area contributed by atoms with Crippen LogP contribution in [0.1, 0.15) is 39.4 Å². The quantitative estimate of drug-likeness (QED) is 0.847. The minimum Gasteiger partial charge on any atom is -0.389 e. The number of para-hydroxylation sites is 1. The van der Waals surface area contributed by atoms with Gasteiger partial charge in [-0.3, -0.25) is 0 Å². The Hall–Kier alpha value is -1.02. The molecule has 2 heteroatoms. The van der Waals surface area contributed by atoms with Crippen molar-refractivity contribution < 1.29 is 5.11 Å². The number of hydrogen-bond acceptors (Lipinski definition) is 2. The first kappa shape index (κ1) is 12.4. The van der Waals surface area contributed by atoms with Gasteiger partial charge in [-0.2, -0.15) is 0 Å². The van der Waals surface area contributed by atoms with Gasteiger partial charge in [-0.25, -0.2) is 0 Å². The van der Waals surface area contributed by atoms with Crippen LogP contribution < -0.4 is 4.90 Å². The van der Waals surface area contributed by atoms with Gasteiger partial charge in [0.05, 0.1) is 6.10 Å². The van der Waals surface area contributed by atoms with Gasteiger partial charge in [0, 0.05) is 24.3 Å². The van der Waals surface area contributed by atoms with E-state index >= 15 is 0 Å². The molecule has 1 aliphatic heterocycles. The molecule has 1 heterocycles. The van der Waals surface area contributed by atoms with Gasteiger partial charge in [-0.05, 0) is 24.3 Å². The SMILES string of the molecule is CC(O)c1ccccc1N1CC(C(C)(C)C)C1. The van der Waals surface area contributed by atoms with Gasteiger partial charge in [0.25, 0.3) is 0 Å². The molecule has 0 spiro atoms. The molecule has 1 fully saturated rings. The Kier molecular flexibility index (Phi) is 3.17. The number of hydrogen-bond donors (Lipinski definition) is 1. The van der Waals surface area contributed by atoms with Gasteiger partial charge in [0.2, 0.25) is 0 Å². The lowest BCUT2D eigenvalue weighted by Gasteiger charge is -2.48. The van der Waals surface area contributed by atoms with E-state index in [4.69, 9.17) is 0 Å². The molecule has 0 radical (unpaired) electrons. The lowest BCUT2D eigenvalue weighted by Crippen LogP contribution is -2.52. The topological polar surface area (TPSA) is 23.5 Å². The second kappa shape index (κ2) is 4.34. The molecule has 1 aromatic carbocycles. The highest BCUT2D eigenvalue weighted by atomic mass is 16.3. The van der Waals surface area contributed by atoms with Crippen molar-refractivity contribution >= 4 is 5.69 Å². The van der Waals surface area contributed by atoms with Crippen LogP contribution in [-0.2, 0) is 0 Å². The molecular weight excluding hydrogens is 210 g/mol. The first-order valence-electron chi connectivity index (χ1n) is 6.41. The molecule has 1 atom stereocenters. The molecule has 1 N–H and O–H groups in total. The molecule has 1 saturated heterocycles. The number of aliphatic hydroxyl groups is 1. The highest BCUT2D eigenvalue weighted by Crippen LogP contribution is 2.38. The van der Waals surface area contributed by atoms with Crippen LogP contribution in [0, 0.1) is 11.3 Å². The summed E-state index contributed by atoms with van der Waals surface area (Å²) in [6.45, 7) is 10.9. The van der Waals surface area contributed by atoms with Crippen molar-refractivity contribution in [3.05, 3.63) is 29.8 Å². The number of benzene rings is 1. The van der Waals surface area contributed by atoms with Crippen molar-refractivity contribution in [2.45, 2.75) is 33.8 Å². The normalized spacial score (nSPS) is 19.0. The highest BCUT2D eigenvalue weighted by molar-refractivity contribution is 5.56. The molecule has 1 aromatic rings. The van der Waals surface area contributed by atoms with E-state index in [1.807, 2.05) is 25.1 Å². The Bertz CT molecular complexity index is 386. The largest absolute Gasteiger partial charge is 0.389 e. The smallest absolute Gasteiger partial charge is 0.0781 e. The first-order chi connectivity index (χ1) is 7.89. The third kappa shape index (κ3) is 2.47. The Labute approximate surface area is 104 Å². The number of nitrogens with zero attached hydrogens (tertiary/aromatic N) is 1. The van der Waals surface area contributed by atoms with Gasteiger partial charge in [0.15, 0.2) is 0 Å². The van der Waals surface area contributed by atoms with Crippen LogP contribution in [0.15, 0.2) is 24.3 Å². The molecule has 2 nitrogen and oxygen atoms in total. The third-order valence-electron chi connectivity index (χ3n) is 3.83. The van der Waals surface area contributed by atoms with E-state index in [2.05, 4.69) is 31.7 Å². The van der Waals surface area contributed by atoms with Gasteiger partial charge in [-0.15, -0.1) is 0 Å². The average Bonchev–Trinajstić information content (AvgIpc) is 2.13. The number of anilines is 1. The lowest BCUT2D eigenvalue weighted by atomic mass is 9.75. The van der Waals surface area contributed by atoms with Crippen LogP contribution in [0.25, 0.3) is 0 Å². The van der Waals surface area contributed by atoms with Crippen molar-refractivity contribution in [3.63, 3.8) is 0 Å². The molecule has 94 valence electrons. The fourth-order valence-electron chi connectivity index (χ4n) is 2.35. The lowest BCUT2D eigenvalue weighted by molar-refractivity contribution is 0.187. The number of rotatable bonds is 2. The summed E-state index contributed by atoms with van der Waals surface area (Å²) in [6, 6.07) is 8.17. The fourth-order valence-corrected chi connectivity index (χ4v) is 2.35. The molecule has 0 saturated carbocycles. The van der Waals surface area contributed by atoms with E-state index < -0.39 is 0 Å². The van der Waals surface area contributed by atoms with Gasteiger partial charge < -0.3 is 10.0 Å². The molecule has 17 heavy (non-hydrogen) atoms. The van der Waals surface area contributed by atoms with Crippen molar-refractivity contribution in [2.75, 3.05) is 18.0 Å². The zero-order valence-corrected chi connectivity index (χ0v) is 11.3. The summed E-state index contributed by atoms with van der Waals surface area (Å²) >= 11 is 0. The van der Waals surface area contributed by atoms with Crippen LogP contribution in [0.3, 0.4) is 0 Å². The maximum absolute atomic E-state index is 9.77. The summed E-state index contributed by atoms with van der Waals surface area (Å²) in [7, 11) is 0. The molecule has 1 aliphatic rings. The van der Waals surface area contributed by atoms with E-state index in [1.54, 1.807) is 0 Å². The third-order valence-corrected chi connectivity index (χ3v) is 3.83. The Morgan fingerprint density at radius 1 is 1.24 bits per heavy atom. The van der Waals surface area contributed by atoms with Crippen molar-refractivity contribution in [3.8, 4) is 0 Å². The molecule has 0 amide bonds. The Balaban J connectivity index is 2.11. The molecule has 0 bridgehead atoms. The predicted molar refractivity (Wildman–Crippen MR) is 72.2 cm³/mol. The van der Waals surface area contributed by atoms with E-state index in [-0.39, 0.29) is 6.10 Å². The predicted octanol–water partition coefficient (Wildman–Crippen LogP) is 3.22. The summed E-state index contributed by atoms with van der Waals surface area (Å²) in [4.78, 5) is 2.37. The van der Waals surface area contributed by atoms with Gasteiger partial charge in [0.1, 0.15) is 0 Å². The summed E-state index contributed by atoms with van der Waals surface area (Å²) < 4.78 is 0. The van der Waals surface area contributed by atoms with Crippen LogP contribution in [0.4, 0.5) is 5.69 Å². The van der Waals surface area contributed by atoms with Crippen molar-refractivity contribution in [1.29, 1.82) is 0 Å². The standard InChI is InChI=1S/C15H23NO/c1-11(17)13-7-5-6-8-14(13)16-9-12(10-16)15(2,3)4/h5-8,11-12,17H,9-10H2,1-4H3. The minimum absolute atomic E-state index is 0.385. The van der Waals surface area contributed by atoms with Crippen molar-refractivity contribution in [1.82, 2.24) is 0 Å². The van der Waals surface area contributed by atoms with E-state index in [1.165, 1.54) is 5.69 Å². The molecule has 1 unspecified atom stereocenters. The first-order valence-corrected chi connectivity index (χ1v) is 6.41. The van der Waals surface area contributed by atoms with E-state index in [0.29, 0.717) is 5.41 Å². The molecule has 0 aliphatic carbocycles. The zero-order chi connectivity index (χ0) is 12.6. The molecule has 0 aromatic heterocycles. The van der Waals surface area contributed by atoms with Crippen LogP contribution >= 0.6 is 0 Å². The molecular formula is C15H23NO. The van der Waals surface area contributed by atoms with E-state index in [9.17, 15) is 5.11 Å². The van der Waals surface area contributed by atoms with Crippen LogP contribution in [0.5, 0.6) is 0 Å². The minimum atomic E-state index is -0.389. The van der Waals surface area contributed by atoms with Gasteiger partial charge in [-0.1, -0.05) is 39.0 Å². The van der Waals surface area contributed by atoms with Gasteiger partial charge >= 0.3 is 0 Å². The average molecular weight is 233 g/mol. The van der Waals surface area contributed by atoms with Crippen LogP contribution in [-0.4, -0.2) is 18.2 Å². The highest BCUT2D eigenvalue weighted by Gasteiger charge is 2.36. The fraction of sp³-hybridized carbons (Fsp3) is 0.600. The van der Waals surface area contributed by atoms with Crippen molar-refractivity contribution in [2.24, 2.45) is 11.3 Å². The summed E-state index contributed by atoms with van der Waals surface area (Å²) in [5.74, 6) is 0.754. The zero-order valence-electron chi connectivity index (χ0n) is 11.3. The van der Waals surface area contributed by atoms with E-state index in [0.717, 1.165) is 24.6 Å². The summed E-state index contributed by atoms with van der Waals surface area (Å²) in [5.41, 5.74) is 2.62. The summed E-state index contributed by atoms with van der Waals surface area (Å²) in [5, 5.41) is 9.77. The Morgan fingerprint density at radius 2 is 1.82 bits per heavy atom. The summed E-state index contributed by atoms with van der Waals surface area (Å²) in [6.07, 6.45) is -0.389. The monoisotopic (exact) mass is 233 g/mol.